The van der Waals surface area contributed by atoms with E-state index in [1.165, 1.54) is 40.7 Å². The van der Waals surface area contributed by atoms with Crippen LogP contribution in [0.3, 0.4) is 0 Å². The summed E-state index contributed by atoms with van der Waals surface area (Å²) in [4.78, 5) is 15.4. The highest BCUT2D eigenvalue weighted by atomic mass is 32.2. The Morgan fingerprint density at radius 1 is 0.784 bits per heavy atom. The van der Waals surface area contributed by atoms with Gasteiger partial charge in [0, 0.05) is 31.6 Å². The number of piperidine rings is 2. The van der Waals surface area contributed by atoms with Crippen molar-refractivity contribution in [2.75, 3.05) is 26.2 Å². The van der Waals surface area contributed by atoms with Gasteiger partial charge in [0.25, 0.3) is 15.9 Å². The first-order chi connectivity index (χ1) is 17.6. The van der Waals surface area contributed by atoms with Gasteiger partial charge in [0.15, 0.2) is 0 Å². The molecule has 8 nitrogen and oxygen atoms in total. The molecule has 0 bridgehead atoms. The van der Waals surface area contributed by atoms with Crippen LogP contribution in [0.5, 0.6) is 0 Å². The molecule has 5 rings (SSSR count). The standard InChI is InChI=1S/C27H33N3O5S2/c1-20-15-21(2)19-29(18-20)36(32,33)24-11-12-25-22(16-24)17-26(27(31)28-13-7-4-8-14-28)30(25)37(34,35)23-9-5-3-6-10-23/h3,5-6,9-12,16-17,20-21H,4,7-8,13-15,18-19H2,1-2H3. The largest absolute Gasteiger partial charge is 0.337 e. The molecule has 10 heteroatoms. The predicted molar refractivity (Wildman–Crippen MR) is 142 cm³/mol. The van der Waals surface area contributed by atoms with E-state index in [9.17, 15) is 21.6 Å². The van der Waals surface area contributed by atoms with Crippen molar-refractivity contribution in [1.82, 2.24) is 13.2 Å². The van der Waals surface area contributed by atoms with Crippen LogP contribution in [0.4, 0.5) is 0 Å². The van der Waals surface area contributed by atoms with Crippen LogP contribution < -0.4 is 0 Å². The Balaban J connectivity index is 1.65. The first-order valence-electron chi connectivity index (χ1n) is 12.8. The number of sulfonamides is 1. The number of fused-ring (bicyclic) bond motifs is 1. The summed E-state index contributed by atoms with van der Waals surface area (Å²) in [5.41, 5.74) is 0.305. The molecule has 0 N–H and O–H groups in total. The summed E-state index contributed by atoms with van der Waals surface area (Å²) < 4.78 is 57.2. The third kappa shape index (κ3) is 4.82. The van der Waals surface area contributed by atoms with E-state index in [0.29, 0.717) is 31.6 Å². The second-order valence-corrected chi connectivity index (χ2v) is 14.2. The van der Waals surface area contributed by atoms with Crippen LogP contribution >= 0.6 is 0 Å². The smallest absolute Gasteiger partial charge is 0.271 e. The van der Waals surface area contributed by atoms with Crippen molar-refractivity contribution in [2.24, 2.45) is 11.8 Å². The summed E-state index contributed by atoms with van der Waals surface area (Å²) in [5, 5.41) is 0.402. The second kappa shape index (κ2) is 9.89. The van der Waals surface area contributed by atoms with Crippen LogP contribution in [-0.4, -0.2) is 62.1 Å². The first-order valence-corrected chi connectivity index (χ1v) is 15.7. The van der Waals surface area contributed by atoms with Gasteiger partial charge in [-0.15, -0.1) is 0 Å². The molecule has 0 radical (unpaired) electrons. The Labute approximate surface area is 219 Å². The average molecular weight is 544 g/mol. The fourth-order valence-corrected chi connectivity index (χ4v) is 8.89. The zero-order valence-corrected chi connectivity index (χ0v) is 22.8. The molecule has 2 aliphatic rings. The van der Waals surface area contributed by atoms with E-state index in [1.807, 2.05) is 0 Å². The minimum Gasteiger partial charge on any atom is -0.337 e. The second-order valence-electron chi connectivity index (χ2n) is 10.5. The quantitative estimate of drug-likeness (QED) is 0.481. The molecule has 0 spiro atoms. The molecule has 1 amide bonds. The fraction of sp³-hybridized carbons (Fsp3) is 0.444. The maximum atomic E-state index is 13.8. The van der Waals surface area contributed by atoms with Crippen molar-refractivity contribution in [2.45, 2.75) is 49.3 Å². The number of aromatic nitrogens is 1. The van der Waals surface area contributed by atoms with Crippen LogP contribution in [0.2, 0.25) is 0 Å². The lowest BCUT2D eigenvalue weighted by Gasteiger charge is -2.34. The molecule has 0 saturated carbocycles. The molecule has 2 fully saturated rings. The molecule has 3 aromatic rings. The highest BCUT2D eigenvalue weighted by Gasteiger charge is 2.33. The first kappa shape index (κ1) is 25.9. The van der Waals surface area contributed by atoms with Crippen LogP contribution in [0.25, 0.3) is 10.9 Å². The summed E-state index contributed by atoms with van der Waals surface area (Å²) in [5.74, 6) is 0.153. The third-order valence-electron chi connectivity index (χ3n) is 7.35. The van der Waals surface area contributed by atoms with Crippen LogP contribution in [0, 0.1) is 11.8 Å². The Morgan fingerprint density at radius 3 is 2.08 bits per heavy atom. The number of carbonyl (C=O) groups is 1. The van der Waals surface area contributed by atoms with Gasteiger partial charge >= 0.3 is 0 Å². The van der Waals surface area contributed by atoms with E-state index in [0.717, 1.165) is 29.7 Å². The monoisotopic (exact) mass is 543 g/mol. The predicted octanol–water partition coefficient (Wildman–Crippen LogP) is 4.17. The van der Waals surface area contributed by atoms with Crippen molar-refractivity contribution in [3.05, 3.63) is 60.3 Å². The molecule has 0 aliphatic carbocycles. The zero-order chi connectivity index (χ0) is 26.4. The maximum absolute atomic E-state index is 13.8. The number of rotatable bonds is 5. The van der Waals surface area contributed by atoms with E-state index in [1.54, 1.807) is 23.1 Å². The number of nitrogens with zero attached hydrogens (tertiary/aromatic N) is 3. The third-order valence-corrected chi connectivity index (χ3v) is 10.9. The lowest BCUT2D eigenvalue weighted by atomic mass is 9.94. The van der Waals surface area contributed by atoms with E-state index < -0.39 is 20.0 Å². The number of amides is 1. The molecule has 1 aromatic heterocycles. The van der Waals surface area contributed by atoms with E-state index in [-0.39, 0.29) is 38.7 Å². The lowest BCUT2D eigenvalue weighted by molar-refractivity contribution is 0.0717. The zero-order valence-electron chi connectivity index (χ0n) is 21.2. The minimum atomic E-state index is -4.11. The number of hydrogen-bond acceptors (Lipinski definition) is 5. The van der Waals surface area contributed by atoms with E-state index in [4.69, 9.17) is 0 Å². The summed E-state index contributed by atoms with van der Waals surface area (Å²) in [7, 11) is -7.88. The maximum Gasteiger partial charge on any atom is 0.271 e. The Kier molecular flexibility index (Phi) is 6.93. The van der Waals surface area contributed by atoms with E-state index in [2.05, 4.69) is 13.8 Å². The summed E-state index contributed by atoms with van der Waals surface area (Å²) in [6, 6.07) is 14.0. The van der Waals surface area contributed by atoms with Crippen molar-refractivity contribution in [1.29, 1.82) is 0 Å². The fourth-order valence-electron chi connectivity index (χ4n) is 5.64. The van der Waals surface area contributed by atoms with Gasteiger partial charge in [0.1, 0.15) is 5.69 Å². The highest BCUT2D eigenvalue weighted by molar-refractivity contribution is 7.90. The summed E-state index contributed by atoms with van der Waals surface area (Å²) in [6.07, 6.45) is 3.75. The molecule has 198 valence electrons. The minimum absolute atomic E-state index is 0.0236. The summed E-state index contributed by atoms with van der Waals surface area (Å²) >= 11 is 0. The van der Waals surface area contributed by atoms with Gasteiger partial charge in [-0.2, -0.15) is 4.31 Å². The molecule has 2 atom stereocenters. The van der Waals surface area contributed by atoms with Crippen LogP contribution in [-0.2, 0) is 20.0 Å². The Hall–Kier alpha value is -2.69. The van der Waals surface area contributed by atoms with Crippen molar-refractivity contribution in [3.63, 3.8) is 0 Å². The average Bonchev–Trinajstić information content (AvgIpc) is 3.28. The van der Waals surface area contributed by atoms with Gasteiger partial charge in [-0.05, 0) is 73.9 Å². The van der Waals surface area contributed by atoms with Gasteiger partial charge in [-0.1, -0.05) is 32.0 Å². The molecule has 2 saturated heterocycles. The van der Waals surface area contributed by atoms with Gasteiger partial charge in [0.2, 0.25) is 10.0 Å². The molecule has 2 unspecified atom stereocenters. The van der Waals surface area contributed by atoms with Crippen LogP contribution in [0.1, 0.15) is 50.0 Å². The summed E-state index contributed by atoms with van der Waals surface area (Å²) in [6.45, 7) is 6.13. The number of hydrogen-bond donors (Lipinski definition) is 0. The lowest BCUT2D eigenvalue weighted by Crippen LogP contribution is -2.42. The van der Waals surface area contributed by atoms with Gasteiger partial charge in [0.05, 0.1) is 15.3 Å². The molecule has 37 heavy (non-hydrogen) atoms. The normalized spacial score (nSPS) is 21.8. The van der Waals surface area contributed by atoms with Gasteiger partial charge in [-0.25, -0.2) is 20.8 Å². The van der Waals surface area contributed by atoms with Crippen molar-refractivity contribution >= 4 is 36.9 Å². The van der Waals surface area contributed by atoms with Gasteiger partial charge < -0.3 is 4.90 Å². The van der Waals surface area contributed by atoms with Crippen molar-refractivity contribution < 1.29 is 21.6 Å². The number of likely N-dealkylation sites (tertiary alicyclic amines) is 1. The highest BCUT2D eigenvalue weighted by Crippen LogP contribution is 2.32. The van der Waals surface area contributed by atoms with Crippen molar-refractivity contribution in [3.8, 4) is 0 Å². The number of benzene rings is 2. The van der Waals surface area contributed by atoms with Crippen LogP contribution in [0.15, 0.2) is 64.4 Å². The Morgan fingerprint density at radius 2 is 1.43 bits per heavy atom. The van der Waals surface area contributed by atoms with E-state index >= 15 is 0 Å². The number of carbonyl (C=O) groups excluding carboxylic acids is 1. The molecular weight excluding hydrogens is 510 g/mol. The molecule has 3 heterocycles. The molecular formula is C27H33N3O5S2. The molecule has 2 aliphatic heterocycles. The Bertz CT molecular complexity index is 1510. The SMILES string of the molecule is CC1CC(C)CN(S(=O)(=O)c2ccc3c(c2)cc(C(=O)N2CCCCC2)n3S(=O)(=O)c2ccccc2)C1. The topological polar surface area (TPSA) is 96.8 Å². The molecule has 2 aromatic carbocycles. The van der Waals surface area contributed by atoms with Gasteiger partial charge in [-0.3, -0.25) is 4.79 Å².